The lowest BCUT2D eigenvalue weighted by molar-refractivity contribution is -0.767. The molecule has 0 aliphatic carbocycles. The highest BCUT2D eigenvalue weighted by atomic mass is 16.5. The molecule has 23 heavy (non-hydrogen) atoms. The number of hydrogen-bond donors (Lipinski definition) is 2. The Balaban J connectivity index is 2.12. The molecule has 1 aromatic carbocycles. The van der Waals surface area contributed by atoms with Gasteiger partial charge < -0.3 is 15.2 Å². The molecule has 0 spiro atoms. The van der Waals surface area contributed by atoms with E-state index in [1.165, 1.54) is 6.92 Å². The second-order valence-electron chi connectivity index (χ2n) is 4.90. The van der Waals surface area contributed by atoms with Crippen molar-refractivity contribution in [1.29, 1.82) is 0 Å². The van der Waals surface area contributed by atoms with Gasteiger partial charge in [-0.3, -0.25) is 14.6 Å². The van der Waals surface area contributed by atoms with E-state index in [4.69, 9.17) is 19.7 Å². The summed E-state index contributed by atoms with van der Waals surface area (Å²) in [6, 6.07) is 5.73. The number of rotatable bonds is 7. The quantitative estimate of drug-likeness (QED) is 0.725. The molecular weight excluding hydrogens is 300 g/mol. The zero-order chi connectivity index (χ0) is 16.8. The van der Waals surface area contributed by atoms with Gasteiger partial charge in [-0.1, -0.05) is 6.07 Å². The molecule has 0 unspecified atom stereocenters. The third-order valence-corrected chi connectivity index (χ3v) is 3.35. The summed E-state index contributed by atoms with van der Waals surface area (Å²) in [5.74, 6) is 1.41. The monoisotopic (exact) mass is 321 g/mol. The van der Waals surface area contributed by atoms with Crippen LogP contribution in [0.1, 0.15) is 18.2 Å². The van der Waals surface area contributed by atoms with Gasteiger partial charge in [-0.15, -0.1) is 0 Å². The molecule has 0 fully saturated rings. The number of ether oxygens (including phenoxy) is 2. The minimum Gasteiger partial charge on any atom is -0.493 e. The summed E-state index contributed by atoms with van der Waals surface area (Å²) >= 11 is 0. The van der Waals surface area contributed by atoms with Crippen molar-refractivity contribution in [3.8, 4) is 11.5 Å². The number of methoxy groups -OCH3 is 2. The van der Waals surface area contributed by atoms with E-state index in [1.807, 2.05) is 18.2 Å². The molecule has 1 amide bonds. The Morgan fingerprint density at radius 3 is 2.70 bits per heavy atom. The van der Waals surface area contributed by atoms with Crippen LogP contribution in [-0.4, -0.2) is 25.4 Å². The average molecular weight is 321 g/mol. The molecule has 0 saturated carbocycles. The fourth-order valence-corrected chi connectivity index (χ4v) is 2.21. The van der Waals surface area contributed by atoms with E-state index in [1.54, 1.807) is 18.9 Å². The van der Waals surface area contributed by atoms with Crippen LogP contribution < -0.4 is 25.2 Å². The highest BCUT2D eigenvalue weighted by Gasteiger charge is 2.23. The third kappa shape index (κ3) is 3.98. The smallest absolute Gasteiger partial charge is 0.306 e. The third-order valence-electron chi connectivity index (χ3n) is 3.35. The summed E-state index contributed by atoms with van der Waals surface area (Å²) in [7, 11) is 3.19. The topological polar surface area (TPSA) is 103 Å². The van der Waals surface area contributed by atoms with Crippen LogP contribution in [-0.2, 0) is 24.3 Å². The summed E-state index contributed by atoms with van der Waals surface area (Å²) in [6.07, 6.45) is 0.698. The zero-order valence-electron chi connectivity index (χ0n) is 13.5. The minimum atomic E-state index is -0.233. The van der Waals surface area contributed by atoms with Crippen molar-refractivity contribution in [2.75, 3.05) is 19.5 Å². The maximum Gasteiger partial charge on any atom is 0.306 e. The Bertz CT molecular complexity index is 684. The molecule has 8 heteroatoms. The number of aryl methyl sites for hydroxylation is 2. The molecule has 3 N–H and O–H groups in total. The summed E-state index contributed by atoms with van der Waals surface area (Å²) < 4.78 is 17.3. The van der Waals surface area contributed by atoms with Crippen LogP contribution in [0.3, 0.4) is 0 Å². The number of nitrogens with two attached hydrogens (primary N) is 1. The molecule has 0 aliphatic heterocycles. The molecule has 2 rings (SSSR count). The standard InChI is InChI=1S/C15H20N4O4/c1-10(20)17-15-12(9-16)19(18-23-15)7-6-11-4-5-13(21-2)14(8-11)22-3/h4-5,8H,6-7,9,16H2,1-3H3/p+1. The summed E-state index contributed by atoms with van der Waals surface area (Å²) in [6.45, 7) is 2.17. The van der Waals surface area contributed by atoms with Crippen molar-refractivity contribution >= 4 is 11.8 Å². The summed E-state index contributed by atoms with van der Waals surface area (Å²) in [5.41, 5.74) is 7.41. The number of carbonyl (C=O) groups excluding carboxylic acids is 1. The summed E-state index contributed by atoms with van der Waals surface area (Å²) in [4.78, 5) is 11.1. The van der Waals surface area contributed by atoms with Crippen LogP contribution in [0.15, 0.2) is 22.7 Å². The highest BCUT2D eigenvalue weighted by Crippen LogP contribution is 2.27. The Morgan fingerprint density at radius 2 is 2.09 bits per heavy atom. The first kappa shape index (κ1) is 16.8. The van der Waals surface area contributed by atoms with E-state index < -0.39 is 0 Å². The Labute approximate surface area is 134 Å². The number of amides is 1. The fourth-order valence-electron chi connectivity index (χ4n) is 2.21. The van der Waals surface area contributed by atoms with E-state index in [0.717, 1.165) is 5.56 Å². The second-order valence-corrected chi connectivity index (χ2v) is 4.90. The van der Waals surface area contributed by atoms with E-state index in [9.17, 15) is 4.79 Å². The van der Waals surface area contributed by atoms with Gasteiger partial charge in [-0.2, -0.15) is 0 Å². The normalized spacial score (nSPS) is 10.4. The first-order valence-corrected chi connectivity index (χ1v) is 7.16. The van der Waals surface area contributed by atoms with Crippen LogP contribution in [0, 0.1) is 0 Å². The lowest BCUT2D eigenvalue weighted by Gasteiger charge is -2.08. The van der Waals surface area contributed by atoms with Crippen molar-refractivity contribution < 1.29 is 23.5 Å². The highest BCUT2D eigenvalue weighted by molar-refractivity contribution is 5.87. The Hall–Kier alpha value is -2.61. The van der Waals surface area contributed by atoms with Crippen LogP contribution >= 0.6 is 0 Å². The maximum atomic E-state index is 11.1. The van der Waals surface area contributed by atoms with Gasteiger partial charge >= 0.3 is 5.88 Å². The SMILES string of the molecule is COc1ccc(CC[n+]2noc(NC(C)=O)c2CN)cc1OC. The number of nitrogens with one attached hydrogen (secondary N) is 1. The Morgan fingerprint density at radius 1 is 1.35 bits per heavy atom. The summed E-state index contributed by atoms with van der Waals surface area (Å²) in [5, 5.41) is 6.49. The van der Waals surface area contributed by atoms with Gasteiger partial charge in [0.2, 0.25) is 11.2 Å². The number of anilines is 1. The van der Waals surface area contributed by atoms with Crippen LogP contribution in [0.5, 0.6) is 11.5 Å². The van der Waals surface area contributed by atoms with Crippen LogP contribution in [0.4, 0.5) is 5.88 Å². The lowest BCUT2D eigenvalue weighted by Crippen LogP contribution is -2.41. The number of aromatic nitrogens is 2. The van der Waals surface area contributed by atoms with Gasteiger partial charge in [0, 0.05) is 13.3 Å². The number of benzene rings is 1. The van der Waals surface area contributed by atoms with E-state index in [0.29, 0.717) is 30.2 Å². The molecular formula is C15H21N4O4+. The second kappa shape index (κ2) is 7.59. The molecule has 0 bridgehead atoms. The minimum absolute atomic E-state index is 0.213. The molecule has 8 nitrogen and oxygen atoms in total. The van der Waals surface area contributed by atoms with Gasteiger partial charge in [-0.05, 0) is 22.4 Å². The molecule has 1 heterocycles. The zero-order valence-corrected chi connectivity index (χ0v) is 13.5. The Kier molecular flexibility index (Phi) is 5.53. The number of nitrogens with zero attached hydrogens (tertiary/aromatic N) is 2. The van der Waals surface area contributed by atoms with Crippen molar-refractivity contribution in [1.82, 2.24) is 5.27 Å². The van der Waals surface area contributed by atoms with E-state index in [2.05, 4.69) is 10.6 Å². The van der Waals surface area contributed by atoms with E-state index >= 15 is 0 Å². The van der Waals surface area contributed by atoms with Crippen molar-refractivity contribution in [3.05, 3.63) is 29.5 Å². The predicted molar refractivity (Wildman–Crippen MR) is 82.1 cm³/mol. The molecule has 0 radical (unpaired) electrons. The molecule has 2 aromatic rings. The van der Waals surface area contributed by atoms with E-state index in [-0.39, 0.29) is 18.3 Å². The van der Waals surface area contributed by atoms with Gasteiger partial charge in [0.25, 0.3) is 5.69 Å². The average Bonchev–Trinajstić information content (AvgIpc) is 2.93. The van der Waals surface area contributed by atoms with Crippen molar-refractivity contribution in [2.24, 2.45) is 5.73 Å². The first-order chi connectivity index (χ1) is 11.1. The number of hydrogen-bond acceptors (Lipinski definition) is 6. The fraction of sp³-hybridized carbons (Fsp3) is 0.400. The van der Waals surface area contributed by atoms with Crippen LogP contribution in [0.25, 0.3) is 0 Å². The van der Waals surface area contributed by atoms with Gasteiger partial charge in [0.15, 0.2) is 18.0 Å². The molecule has 0 aliphatic rings. The molecule has 124 valence electrons. The molecule has 0 atom stereocenters. The van der Waals surface area contributed by atoms with Gasteiger partial charge in [-0.25, -0.2) is 0 Å². The first-order valence-electron chi connectivity index (χ1n) is 7.16. The van der Waals surface area contributed by atoms with Crippen molar-refractivity contribution in [3.63, 3.8) is 0 Å². The molecule has 1 aromatic heterocycles. The number of carbonyl (C=O) groups is 1. The predicted octanol–water partition coefficient (Wildman–Crippen LogP) is 0.639. The lowest BCUT2D eigenvalue weighted by atomic mass is 10.1. The molecule has 0 saturated heterocycles. The van der Waals surface area contributed by atoms with Gasteiger partial charge in [0.05, 0.1) is 20.8 Å². The maximum absolute atomic E-state index is 11.1. The van der Waals surface area contributed by atoms with Crippen molar-refractivity contribution in [2.45, 2.75) is 26.4 Å². The van der Waals surface area contributed by atoms with Gasteiger partial charge in [0.1, 0.15) is 0 Å². The largest absolute Gasteiger partial charge is 0.493 e. The van der Waals surface area contributed by atoms with Crippen LogP contribution in [0.2, 0.25) is 0 Å².